The lowest BCUT2D eigenvalue weighted by molar-refractivity contribution is 0.526. The van der Waals surface area contributed by atoms with E-state index in [0.717, 1.165) is 24.2 Å². The van der Waals surface area contributed by atoms with Crippen molar-refractivity contribution in [3.63, 3.8) is 0 Å². The molecule has 21 heavy (non-hydrogen) atoms. The second kappa shape index (κ2) is 4.74. The van der Waals surface area contributed by atoms with Gasteiger partial charge in [0.05, 0.1) is 11.4 Å². The van der Waals surface area contributed by atoms with Crippen LogP contribution in [0.15, 0.2) is 52.9 Å². The summed E-state index contributed by atoms with van der Waals surface area (Å²) in [5.41, 5.74) is 4.83. The molecule has 4 rings (SSSR count). The molecule has 4 nitrogen and oxygen atoms in total. The van der Waals surface area contributed by atoms with Crippen LogP contribution >= 0.6 is 0 Å². The first-order chi connectivity index (χ1) is 10.3. The maximum Gasteiger partial charge on any atom is 0.327 e. The fourth-order valence-electron chi connectivity index (χ4n) is 2.86. The van der Waals surface area contributed by atoms with Gasteiger partial charge in [-0.15, -0.1) is 5.10 Å². The van der Waals surface area contributed by atoms with Gasteiger partial charge in [0.25, 0.3) is 0 Å². The second-order valence-corrected chi connectivity index (χ2v) is 5.20. The van der Waals surface area contributed by atoms with Crippen LogP contribution in [0.2, 0.25) is 0 Å². The average molecular weight is 277 g/mol. The first-order valence-electron chi connectivity index (χ1n) is 7.09. The number of hydrogen-bond donors (Lipinski definition) is 0. The summed E-state index contributed by atoms with van der Waals surface area (Å²) in [5.74, 6) is 0.573. The Balaban J connectivity index is 1.98. The van der Waals surface area contributed by atoms with Gasteiger partial charge in [-0.1, -0.05) is 41.5 Å². The fourth-order valence-corrected chi connectivity index (χ4v) is 2.86. The van der Waals surface area contributed by atoms with Crippen molar-refractivity contribution in [1.29, 1.82) is 0 Å². The molecule has 104 valence electrons. The van der Waals surface area contributed by atoms with E-state index < -0.39 is 0 Å². The quantitative estimate of drug-likeness (QED) is 0.675. The SMILES string of the molecule is Cc1nnc(N2c3ccccc3CCc3ccccc32)o1. The smallest absolute Gasteiger partial charge is 0.327 e. The molecular weight excluding hydrogens is 262 g/mol. The largest absolute Gasteiger partial charge is 0.408 e. The highest BCUT2D eigenvalue weighted by Gasteiger charge is 2.25. The van der Waals surface area contributed by atoms with Gasteiger partial charge in [0.2, 0.25) is 5.89 Å². The summed E-state index contributed by atoms with van der Waals surface area (Å²) in [6.45, 7) is 1.81. The van der Waals surface area contributed by atoms with Gasteiger partial charge in [-0.25, -0.2) is 0 Å². The first-order valence-corrected chi connectivity index (χ1v) is 7.09. The lowest BCUT2D eigenvalue weighted by Crippen LogP contribution is -2.12. The molecule has 0 fully saturated rings. The van der Waals surface area contributed by atoms with Gasteiger partial charge in [-0.3, -0.25) is 4.90 Å². The van der Waals surface area contributed by atoms with Gasteiger partial charge < -0.3 is 4.42 Å². The maximum atomic E-state index is 5.70. The van der Waals surface area contributed by atoms with E-state index in [1.54, 1.807) is 0 Å². The van der Waals surface area contributed by atoms with Crippen molar-refractivity contribution in [2.45, 2.75) is 19.8 Å². The molecule has 0 atom stereocenters. The van der Waals surface area contributed by atoms with Crippen LogP contribution in [-0.4, -0.2) is 10.2 Å². The van der Waals surface area contributed by atoms with E-state index in [9.17, 15) is 0 Å². The highest BCUT2D eigenvalue weighted by atomic mass is 16.4. The van der Waals surface area contributed by atoms with Crippen molar-refractivity contribution in [2.75, 3.05) is 4.90 Å². The molecule has 0 amide bonds. The summed E-state index contributed by atoms with van der Waals surface area (Å²) in [4.78, 5) is 2.07. The van der Waals surface area contributed by atoms with Crippen molar-refractivity contribution in [2.24, 2.45) is 0 Å². The summed E-state index contributed by atoms with van der Waals surface area (Å²) in [6, 6.07) is 17.3. The minimum Gasteiger partial charge on any atom is -0.408 e. The van der Waals surface area contributed by atoms with Crippen molar-refractivity contribution >= 4 is 17.4 Å². The van der Waals surface area contributed by atoms with E-state index in [1.807, 2.05) is 19.1 Å². The normalized spacial score (nSPS) is 13.5. The molecule has 0 N–H and O–H groups in total. The van der Waals surface area contributed by atoms with Crippen LogP contribution in [0.4, 0.5) is 17.4 Å². The van der Waals surface area contributed by atoms with Crippen LogP contribution in [0, 0.1) is 6.92 Å². The number of aryl methyl sites for hydroxylation is 3. The molecule has 2 heterocycles. The number of aromatic nitrogens is 2. The Kier molecular flexibility index (Phi) is 2.74. The van der Waals surface area contributed by atoms with E-state index in [-0.39, 0.29) is 0 Å². The molecule has 1 aromatic heterocycles. The van der Waals surface area contributed by atoms with Crippen LogP contribution in [0.25, 0.3) is 0 Å². The molecule has 3 aromatic rings. The molecule has 0 aliphatic carbocycles. The molecule has 0 unspecified atom stereocenters. The van der Waals surface area contributed by atoms with Gasteiger partial charge in [0, 0.05) is 6.92 Å². The molecule has 1 aliphatic rings. The van der Waals surface area contributed by atoms with Gasteiger partial charge >= 0.3 is 6.01 Å². The third-order valence-electron chi connectivity index (χ3n) is 3.84. The van der Waals surface area contributed by atoms with E-state index in [4.69, 9.17) is 4.42 Å². The minimum absolute atomic E-state index is 0.523. The highest BCUT2D eigenvalue weighted by molar-refractivity contribution is 5.77. The average Bonchev–Trinajstić information content (AvgIpc) is 2.86. The maximum absolute atomic E-state index is 5.70. The zero-order valence-corrected chi connectivity index (χ0v) is 11.8. The summed E-state index contributed by atoms with van der Waals surface area (Å²) in [6.07, 6.45) is 2.02. The Morgan fingerprint density at radius 1 is 0.857 bits per heavy atom. The van der Waals surface area contributed by atoms with E-state index >= 15 is 0 Å². The fraction of sp³-hybridized carbons (Fsp3) is 0.176. The van der Waals surface area contributed by atoms with Crippen LogP contribution in [-0.2, 0) is 12.8 Å². The summed E-state index contributed by atoms with van der Waals surface area (Å²) < 4.78 is 5.70. The Hall–Kier alpha value is -2.62. The number of para-hydroxylation sites is 2. The van der Waals surface area contributed by atoms with Crippen molar-refractivity contribution in [1.82, 2.24) is 10.2 Å². The Bertz CT molecular complexity index is 746. The highest BCUT2D eigenvalue weighted by Crippen LogP contribution is 2.40. The summed E-state index contributed by atoms with van der Waals surface area (Å²) in [5, 5.41) is 8.20. The molecule has 1 aliphatic heterocycles. The van der Waals surface area contributed by atoms with Gasteiger partial charge in [-0.05, 0) is 36.1 Å². The van der Waals surface area contributed by atoms with Crippen molar-refractivity contribution < 1.29 is 4.42 Å². The predicted octanol–water partition coefficient (Wildman–Crippen LogP) is 3.95. The molecule has 4 heteroatoms. The molecule has 0 saturated heterocycles. The third kappa shape index (κ3) is 2.00. The van der Waals surface area contributed by atoms with E-state index in [2.05, 4.69) is 51.5 Å². The molecule has 0 bridgehead atoms. The lowest BCUT2D eigenvalue weighted by atomic mass is 10.0. The predicted molar refractivity (Wildman–Crippen MR) is 81.1 cm³/mol. The second-order valence-electron chi connectivity index (χ2n) is 5.20. The monoisotopic (exact) mass is 277 g/mol. The summed E-state index contributed by atoms with van der Waals surface area (Å²) >= 11 is 0. The number of nitrogens with zero attached hydrogens (tertiary/aromatic N) is 3. The van der Waals surface area contributed by atoms with Gasteiger partial charge in [0.1, 0.15) is 0 Å². The zero-order valence-electron chi connectivity index (χ0n) is 11.8. The number of fused-ring (bicyclic) bond motifs is 2. The zero-order chi connectivity index (χ0) is 14.2. The minimum atomic E-state index is 0.523. The summed E-state index contributed by atoms with van der Waals surface area (Å²) in [7, 11) is 0. The van der Waals surface area contributed by atoms with E-state index in [0.29, 0.717) is 11.9 Å². The Morgan fingerprint density at radius 3 is 1.95 bits per heavy atom. The van der Waals surface area contributed by atoms with Crippen molar-refractivity contribution in [3.05, 3.63) is 65.5 Å². The Morgan fingerprint density at radius 2 is 1.43 bits per heavy atom. The first kappa shape index (κ1) is 12.1. The molecule has 2 aromatic carbocycles. The standard InChI is InChI=1S/C17H15N3O/c1-12-18-19-17(21-12)20-15-8-4-2-6-13(15)10-11-14-7-3-5-9-16(14)20/h2-9H,10-11H2,1H3. The molecular formula is C17H15N3O. The lowest BCUT2D eigenvalue weighted by Gasteiger charge is -2.22. The van der Waals surface area contributed by atoms with Crippen LogP contribution in [0.5, 0.6) is 0 Å². The topological polar surface area (TPSA) is 42.2 Å². The number of hydrogen-bond acceptors (Lipinski definition) is 4. The van der Waals surface area contributed by atoms with Gasteiger partial charge in [-0.2, -0.15) is 0 Å². The van der Waals surface area contributed by atoms with Crippen LogP contribution < -0.4 is 4.90 Å². The number of anilines is 3. The molecule has 0 saturated carbocycles. The molecule has 0 radical (unpaired) electrons. The Labute approximate surface area is 123 Å². The van der Waals surface area contributed by atoms with Crippen molar-refractivity contribution in [3.8, 4) is 0 Å². The van der Waals surface area contributed by atoms with Gasteiger partial charge in [0.15, 0.2) is 0 Å². The molecule has 0 spiro atoms. The van der Waals surface area contributed by atoms with Crippen LogP contribution in [0.1, 0.15) is 17.0 Å². The number of benzene rings is 2. The number of rotatable bonds is 1. The van der Waals surface area contributed by atoms with Crippen LogP contribution in [0.3, 0.4) is 0 Å². The van der Waals surface area contributed by atoms with E-state index in [1.165, 1.54) is 11.1 Å². The third-order valence-corrected chi connectivity index (χ3v) is 3.84.